The maximum absolute atomic E-state index is 13.0. The molecule has 6 heterocycles. The number of aliphatic imine (C=N–C) groups is 2. The van der Waals surface area contributed by atoms with Gasteiger partial charge in [-0.2, -0.15) is 0 Å². The second-order valence-electron chi connectivity index (χ2n) is 16.9. The lowest BCUT2D eigenvalue weighted by molar-refractivity contribution is -0.122. The normalized spacial score (nSPS) is 26.9. The molecule has 0 aliphatic carbocycles. The topological polar surface area (TPSA) is 167 Å². The number of nitrogens with zero attached hydrogens (tertiary/aromatic N) is 5. The Balaban J connectivity index is 0.000000198. The number of carbonyl (C=O) groups excluding carboxylic acids is 3. The zero-order chi connectivity index (χ0) is 40.9. The highest BCUT2D eigenvalue weighted by Gasteiger charge is 2.48. The van der Waals surface area contributed by atoms with Crippen LogP contribution in [-0.4, -0.2) is 97.4 Å². The molecule has 4 aliphatic rings. The summed E-state index contributed by atoms with van der Waals surface area (Å²) in [6, 6.07) is 15.7. The molecule has 0 bridgehead atoms. The summed E-state index contributed by atoms with van der Waals surface area (Å²) < 4.78 is 5.51. The van der Waals surface area contributed by atoms with Crippen molar-refractivity contribution in [2.75, 3.05) is 13.1 Å². The highest BCUT2D eigenvalue weighted by molar-refractivity contribution is 7.13. The summed E-state index contributed by atoms with van der Waals surface area (Å²) in [6.45, 7) is 14.0. The number of aliphatic hydroxyl groups excluding tert-OH is 2. The van der Waals surface area contributed by atoms with Gasteiger partial charge in [-0.1, -0.05) is 48.5 Å². The van der Waals surface area contributed by atoms with Crippen LogP contribution < -0.4 is 5.32 Å². The Labute approximate surface area is 353 Å². The number of β-amino-alcohol motifs (C(OH)–C–C–N with tert-alkyl or cyclic N) is 2. The third kappa shape index (κ3) is 8.73. The zero-order valence-electron chi connectivity index (χ0n) is 33.8. The first-order chi connectivity index (χ1) is 26.9. The Bertz CT molecular complexity index is 2230. The number of ether oxygens (including phenoxy) is 1. The van der Waals surface area contributed by atoms with Crippen LogP contribution in [0, 0.1) is 13.8 Å². The molecule has 4 aromatic rings. The van der Waals surface area contributed by atoms with E-state index in [1.807, 2.05) is 75.1 Å². The third-order valence-electron chi connectivity index (χ3n) is 11.4. The number of benzene rings is 2. The lowest BCUT2D eigenvalue weighted by Gasteiger charge is -2.29. The van der Waals surface area contributed by atoms with Crippen molar-refractivity contribution in [1.29, 1.82) is 0 Å². The fourth-order valence-corrected chi connectivity index (χ4v) is 9.69. The minimum absolute atomic E-state index is 0. The number of halogens is 1. The van der Waals surface area contributed by atoms with E-state index >= 15 is 0 Å². The first-order valence-corrected chi connectivity index (χ1v) is 21.1. The van der Waals surface area contributed by atoms with E-state index in [2.05, 4.69) is 37.4 Å². The molecule has 2 saturated heterocycles. The van der Waals surface area contributed by atoms with E-state index in [4.69, 9.17) is 4.74 Å². The number of likely N-dealkylation sites (tertiary alicyclic amines) is 1. The smallest absolute Gasteiger partial charge is 0.410 e. The van der Waals surface area contributed by atoms with Crippen LogP contribution in [0.4, 0.5) is 4.79 Å². The Kier molecular flexibility index (Phi) is 12.6. The molecule has 0 saturated carbocycles. The van der Waals surface area contributed by atoms with Gasteiger partial charge in [0.2, 0.25) is 0 Å². The van der Waals surface area contributed by atoms with Crippen molar-refractivity contribution >= 4 is 64.4 Å². The molecule has 0 radical (unpaired) electrons. The van der Waals surface area contributed by atoms with E-state index in [9.17, 15) is 24.6 Å². The number of carbonyl (C=O) groups is 3. The molecule has 2 fully saturated rings. The molecule has 308 valence electrons. The third-order valence-corrected chi connectivity index (χ3v) is 13.3. The van der Waals surface area contributed by atoms with Gasteiger partial charge < -0.3 is 20.3 Å². The van der Waals surface area contributed by atoms with E-state index in [-0.39, 0.29) is 42.9 Å². The quantitative estimate of drug-likeness (QED) is 0.185. The van der Waals surface area contributed by atoms with Gasteiger partial charge in [0.15, 0.2) is 0 Å². The van der Waals surface area contributed by atoms with Crippen molar-refractivity contribution in [1.82, 2.24) is 20.2 Å². The fourth-order valence-electron chi connectivity index (χ4n) is 8.07. The number of nitrogens with one attached hydrogen (secondary N) is 1. The number of aromatic nitrogens is 2. The second kappa shape index (κ2) is 16.8. The van der Waals surface area contributed by atoms with Crippen molar-refractivity contribution in [2.45, 2.75) is 115 Å². The number of thiazole rings is 2. The van der Waals surface area contributed by atoms with Gasteiger partial charge in [-0.3, -0.25) is 14.5 Å². The van der Waals surface area contributed by atoms with Crippen molar-refractivity contribution in [3.05, 3.63) is 82.1 Å². The number of hydrogen-bond acceptors (Lipinski definition) is 11. The largest absolute Gasteiger partial charge is 0.444 e. The van der Waals surface area contributed by atoms with Crippen LogP contribution in [0.15, 0.2) is 69.5 Å². The Morgan fingerprint density at radius 3 is 1.71 bits per heavy atom. The van der Waals surface area contributed by atoms with Crippen LogP contribution in [0.1, 0.15) is 82.8 Å². The van der Waals surface area contributed by atoms with Gasteiger partial charge in [-0.05, 0) is 77.1 Å². The molecule has 8 rings (SSSR count). The lowest BCUT2D eigenvalue weighted by Crippen LogP contribution is -2.43. The Morgan fingerprint density at radius 1 is 0.793 bits per heavy atom. The molecular weight excluding hydrogens is 796 g/mol. The van der Waals surface area contributed by atoms with Crippen LogP contribution in [0.5, 0.6) is 0 Å². The number of rotatable bonds is 6. The van der Waals surface area contributed by atoms with Crippen LogP contribution >= 0.6 is 35.1 Å². The van der Waals surface area contributed by atoms with E-state index in [0.717, 1.165) is 49.1 Å². The summed E-state index contributed by atoms with van der Waals surface area (Å²) in [4.78, 5) is 59.4. The first kappa shape index (κ1) is 43.4. The van der Waals surface area contributed by atoms with Gasteiger partial charge in [0.25, 0.3) is 11.8 Å². The number of aliphatic hydroxyl groups is 2. The average molecular weight is 848 g/mol. The summed E-state index contributed by atoms with van der Waals surface area (Å²) in [5.41, 5.74) is 9.18. The SMILES string of the molecule is Cc1ncsc1-c1ccc([C@]2(C)CC(C3C[C@@H](O)CN3)=NC2=O)cc1.Cc1ncsc1-c1ccc([C@]2(C)CC(C3C[C@@H](O)CN3C(=O)OC(C)(C)C)=NC2=O)cc1.Cl. The van der Waals surface area contributed by atoms with E-state index in [0.29, 0.717) is 37.9 Å². The standard InChI is InChI=1S/C24H29N3O4S.C19H21N3O2S.ClH/c1-14-20(32-13-25-14)15-6-8-16(9-7-15)24(5)11-18(26-21(24)29)19-10-17(28)12-27(19)22(30)31-23(2,3)4;1-11-17(25-10-21-11)12-3-5-13(6-4-12)19(2)8-16(22-18(19)24)15-7-14(23)9-20-15;/h6-9,13,17,19,28H,10-12H2,1-5H3;3-6,10,14-15,20,23H,7-9H2,1-2H3;1H/t17-,19?,24+;14-,15?,19+;/m11./s1. The van der Waals surface area contributed by atoms with Gasteiger partial charge in [-0.25, -0.2) is 24.7 Å². The zero-order valence-corrected chi connectivity index (χ0v) is 36.3. The van der Waals surface area contributed by atoms with Gasteiger partial charge in [0.1, 0.15) is 5.60 Å². The predicted molar refractivity (Wildman–Crippen MR) is 230 cm³/mol. The highest BCUT2D eigenvalue weighted by atomic mass is 35.5. The summed E-state index contributed by atoms with van der Waals surface area (Å²) >= 11 is 3.22. The lowest BCUT2D eigenvalue weighted by atomic mass is 9.78. The van der Waals surface area contributed by atoms with Gasteiger partial charge >= 0.3 is 6.09 Å². The van der Waals surface area contributed by atoms with Gasteiger partial charge in [0, 0.05) is 43.3 Å². The molecule has 12 nitrogen and oxygen atoms in total. The van der Waals surface area contributed by atoms with Crippen LogP contribution in [0.25, 0.3) is 20.9 Å². The highest BCUT2D eigenvalue weighted by Crippen LogP contribution is 2.40. The molecule has 15 heteroatoms. The summed E-state index contributed by atoms with van der Waals surface area (Å²) in [6.07, 6.45) is 0.482. The maximum atomic E-state index is 13.0. The number of amides is 3. The summed E-state index contributed by atoms with van der Waals surface area (Å²) in [5, 5.41) is 23.2. The van der Waals surface area contributed by atoms with Gasteiger partial charge in [-0.15, -0.1) is 35.1 Å². The number of hydrogen-bond donors (Lipinski definition) is 3. The first-order valence-electron chi connectivity index (χ1n) is 19.3. The van der Waals surface area contributed by atoms with Crippen molar-refractivity contribution in [3.63, 3.8) is 0 Å². The molecule has 0 spiro atoms. The van der Waals surface area contributed by atoms with E-state index in [1.165, 1.54) is 4.90 Å². The minimum atomic E-state index is -0.802. The maximum Gasteiger partial charge on any atom is 0.410 e. The summed E-state index contributed by atoms with van der Waals surface area (Å²) in [5.74, 6) is -0.313. The van der Waals surface area contributed by atoms with Crippen molar-refractivity contribution in [2.24, 2.45) is 9.98 Å². The molecule has 2 aromatic heterocycles. The van der Waals surface area contributed by atoms with Gasteiger partial charge in [0.05, 0.1) is 67.8 Å². The van der Waals surface area contributed by atoms with E-state index < -0.39 is 34.7 Å². The Hall–Kier alpha value is -4.18. The molecule has 3 N–H and O–H groups in total. The predicted octanol–water partition coefficient (Wildman–Crippen LogP) is 7.01. The number of aryl methyl sites for hydroxylation is 2. The second-order valence-corrected chi connectivity index (χ2v) is 18.6. The molecule has 2 aromatic carbocycles. The molecule has 58 heavy (non-hydrogen) atoms. The Morgan fingerprint density at radius 2 is 1.28 bits per heavy atom. The van der Waals surface area contributed by atoms with Crippen LogP contribution in [0.2, 0.25) is 0 Å². The summed E-state index contributed by atoms with van der Waals surface area (Å²) in [7, 11) is 0. The molecule has 3 amide bonds. The average Bonchev–Trinajstić information content (AvgIpc) is 4.03. The van der Waals surface area contributed by atoms with Crippen molar-refractivity contribution < 1.29 is 29.3 Å². The molecule has 6 atom stereocenters. The van der Waals surface area contributed by atoms with Crippen LogP contribution in [0.3, 0.4) is 0 Å². The molecule has 2 unspecified atom stereocenters. The monoisotopic (exact) mass is 846 g/mol. The molecule has 4 aliphatic heterocycles. The fraction of sp³-hybridized carbons (Fsp3) is 0.465. The minimum Gasteiger partial charge on any atom is -0.444 e. The van der Waals surface area contributed by atoms with Crippen LogP contribution in [-0.2, 0) is 25.2 Å². The van der Waals surface area contributed by atoms with E-state index in [1.54, 1.807) is 43.4 Å². The molecular formula is C43H51ClN6O6S2. The van der Waals surface area contributed by atoms with Crippen molar-refractivity contribution in [3.8, 4) is 20.9 Å².